The van der Waals surface area contributed by atoms with Crippen molar-refractivity contribution in [3.8, 4) is 0 Å². The van der Waals surface area contributed by atoms with E-state index in [2.05, 4.69) is 5.32 Å². The summed E-state index contributed by atoms with van der Waals surface area (Å²) in [4.78, 5) is 12.0. The zero-order valence-corrected chi connectivity index (χ0v) is 11.5. The molecule has 0 aromatic heterocycles. The Morgan fingerprint density at radius 1 is 1.41 bits per heavy atom. The molecule has 5 heteroatoms. The van der Waals surface area contributed by atoms with Gasteiger partial charge in [0.2, 0.25) is 0 Å². The number of halogens is 2. The molecule has 0 spiro atoms. The molecule has 1 aliphatic rings. The number of benzene rings is 1. The van der Waals surface area contributed by atoms with Gasteiger partial charge >= 0.3 is 0 Å². The highest BCUT2D eigenvalue weighted by atomic mass is 35.5. The van der Waals surface area contributed by atoms with Crippen molar-refractivity contribution in [3.05, 3.63) is 33.8 Å². The quantitative estimate of drug-likeness (QED) is 0.923. The second kappa shape index (κ2) is 5.98. The van der Waals surface area contributed by atoms with E-state index in [9.17, 15) is 4.79 Å². The summed E-state index contributed by atoms with van der Waals surface area (Å²) in [5.41, 5.74) is 0.376. The highest BCUT2D eigenvalue weighted by Crippen LogP contribution is 2.25. The molecule has 92 valence electrons. The Bertz CT molecular complexity index is 399. The zero-order valence-electron chi connectivity index (χ0n) is 9.21. The van der Waals surface area contributed by atoms with Crippen molar-refractivity contribution in [2.24, 2.45) is 5.92 Å². The van der Waals surface area contributed by atoms with Crippen LogP contribution >= 0.6 is 35.0 Å². The van der Waals surface area contributed by atoms with Gasteiger partial charge in [-0.15, -0.1) is 0 Å². The zero-order chi connectivity index (χ0) is 12.3. The standard InChI is InChI=1S/C12H13Cl2NOS/c13-9-2-1-3-10(14)11(9)12(16)15-6-8-4-5-17-7-8/h1-3,8H,4-7H2,(H,15,16)/t8-/m0/s1. The third kappa shape index (κ3) is 3.30. The lowest BCUT2D eigenvalue weighted by Gasteiger charge is -2.11. The van der Waals surface area contributed by atoms with Crippen LogP contribution in [0.15, 0.2) is 18.2 Å². The predicted molar refractivity (Wildman–Crippen MR) is 74.2 cm³/mol. The number of hydrogen-bond acceptors (Lipinski definition) is 2. The Hall–Kier alpha value is -0.380. The van der Waals surface area contributed by atoms with Gasteiger partial charge in [0.25, 0.3) is 5.91 Å². The lowest BCUT2D eigenvalue weighted by atomic mass is 10.1. The molecular weight excluding hydrogens is 277 g/mol. The Balaban J connectivity index is 1.99. The van der Waals surface area contributed by atoms with Gasteiger partial charge in [0.15, 0.2) is 0 Å². The van der Waals surface area contributed by atoms with Gasteiger partial charge in [-0.3, -0.25) is 4.79 Å². The third-order valence-electron chi connectivity index (χ3n) is 2.77. The largest absolute Gasteiger partial charge is 0.352 e. The molecule has 1 aromatic rings. The van der Waals surface area contributed by atoms with Crippen LogP contribution in [-0.4, -0.2) is 24.0 Å². The fraction of sp³-hybridized carbons (Fsp3) is 0.417. The maximum Gasteiger partial charge on any atom is 0.254 e. The summed E-state index contributed by atoms with van der Waals surface area (Å²) < 4.78 is 0. The Morgan fingerprint density at radius 3 is 2.71 bits per heavy atom. The van der Waals surface area contributed by atoms with Gasteiger partial charge in [-0.1, -0.05) is 29.3 Å². The van der Waals surface area contributed by atoms with E-state index >= 15 is 0 Å². The van der Waals surface area contributed by atoms with E-state index in [1.165, 1.54) is 12.2 Å². The van der Waals surface area contributed by atoms with E-state index in [4.69, 9.17) is 23.2 Å². The number of rotatable bonds is 3. The van der Waals surface area contributed by atoms with Crippen molar-refractivity contribution in [3.63, 3.8) is 0 Å². The topological polar surface area (TPSA) is 29.1 Å². The van der Waals surface area contributed by atoms with Crippen LogP contribution < -0.4 is 5.32 Å². The predicted octanol–water partition coefficient (Wildman–Crippen LogP) is 3.48. The number of carbonyl (C=O) groups is 1. The van der Waals surface area contributed by atoms with Crippen LogP contribution in [0.2, 0.25) is 10.0 Å². The maximum atomic E-state index is 12.0. The van der Waals surface area contributed by atoms with Gasteiger partial charge in [-0.25, -0.2) is 0 Å². The minimum Gasteiger partial charge on any atom is -0.352 e. The first-order chi connectivity index (χ1) is 8.18. The molecule has 0 unspecified atom stereocenters. The molecule has 1 amide bonds. The SMILES string of the molecule is O=C(NC[C@@H]1CCSC1)c1c(Cl)cccc1Cl. The summed E-state index contributed by atoms with van der Waals surface area (Å²) in [6, 6.07) is 5.08. The molecule has 1 aromatic carbocycles. The van der Waals surface area contributed by atoms with Gasteiger partial charge in [-0.05, 0) is 36.0 Å². The summed E-state index contributed by atoms with van der Waals surface area (Å²) in [6.45, 7) is 0.702. The molecule has 2 rings (SSSR count). The van der Waals surface area contributed by atoms with E-state index in [0.717, 1.165) is 5.75 Å². The van der Waals surface area contributed by atoms with Crippen LogP contribution in [0.5, 0.6) is 0 Å². The molecule has 1 aliphatic heterocycles. The molecule has 1 atom stereocenters. The second-order valence-electron chi connectivity index (χ2n) is 4.04. The number of amides is 1. The van der Waals surface area contributed by atoms with E-state index in [1.807, 2.05) is 11.8 Å². The maximum absolute atomic E-state index is 12.0. The van der Waals surface area contributed by atoms with Gasteiger partial charge in [0, 0.05) is 6.54 Å². The Kier molecular flexibility index (Phi) is 4.60. The van der Waals surface area contributed by atoms with Gasteiger partial charge in [0.1, 0.15) is 0 Å². The van der Waals surface area contributed by atoms with Crippen molar-refractivity contribution < 1.29 is 4.79 Å². The van der Waals surface area contributed by atoms with Crippen molar-refractivity contribution in [1.29, 1.82) is 0 Å². The van der Waals surface area contributed by atoms with E-state index in [0.29, 0.717) is 28.1 Å². The molecule has 1 fully saturated rings. The monoisotopic (exact) mass is 289 g/mol. The fourth-order valence-electron chi connectivity index (χ4n) is 1.78. The second-order valence-corrected chi connectivity index (χ2v) is 6.00. The lowest BCUT2D eigenvalue weighted by Crippen LogP contribution is -2.29. The molecular formula is C12H13Cl2NOS. The molecule has 1 N–H and O–H groups in total. The third-order valence-corrected chi connectivity index (χ3v) is 4.63. The Labute approximate surface area is 115 Å². The summed E-state index contributed by atoms with van der Waals surface area (Å²) in [6.07, 6.45) is 1.17. The smallest absolute Gasteiger partial charge is 0.254 e. The fourth-order valence-corrected chi connectivity index (χ4v) is 3.64. The number of nitrogens with one attached hydrogen (secondary N) is 1. The van der Waals surface area contributed by atoms with Crippen LogP contribution in [0.1, 0.15) is 16.8 Å². The molecule has 0 radical (unpaired) electrons. The van der Waals surface area contributed by atoms with E-state index in [1.54, 1.807) is 18.2 Å². The Morgan fingerprint density at radius 2 is 2.12 bits per heavy atom. The molecule has 1 heterocycles. The average Bonchev–Trinajstić information content (AvgIpc) is 2.79. The highest BCUT2D eigenvalue weighted by Gasteiger charge is 2.18. The highest BCUT2D eigenvalue weighted by molar-refractivity contribution is 7.99. The van der Waals surface area contributed by atoms with Crippen LogP contribution in [-0.2, 0) is 0 Å². The first-order valence-corrected chi connectivity index (χ1v) is 7.39. The van der Waals surface area contributed by atoms with Crippen LogP contribution in [0.25, 0.3) is 0 Å². The number of thioether (sulfide) groups is 1. The van der Waals surface area contributed by atoms with E-state index in [-0.39, 0.29) is 5.91 Å². The van der Waals surface area contributed by atoms with Crippen LogP contribution in [0.3, 0.4) is 0 Å². The molecule has 0 saturated carbocycles. The minimum atomic E-state index is -0.183. The molecule has 2 nitrogen and oxygen atoms in total. The van der Waals surface area contributed by atoms with Crippen molar-refractivity contribution >= 4 is 40.9 Å². The average molecular weight is 290 g/mol. The number of carbonyl (C=O) groups excluding carboxylic acids is 1. The molecule has 0 aliphatic carbocycles. The van der Waals surface area contributed by atoms with Gasteiger partial charge in [0.05, 0.1) is 15.6 Å². The number of hydrogen-bond donors (Lipinski definition) is 1. The normalized spacial score (nSPS) is 19.3. The molecule has 17 heavy (non-hydrogen) atoms. The first-order valence-electron chi connectivity index (χ1n) is 5.48. The van der Waals surface area contributed by atoms with Crippen molar-refractivity contribution in [1.82, 2.24) is 5.32 Å². The van der Waals surface area contributed by atoms with Crippen molar-refractivity contribution in [2.75, 3.05) is 18.1 Å². The molecule has 0 bridgehead atoms. The first kappa shape index (κ1) is 13.1. The minimum absolute atomic E-state index is 0.183. The van der Waals surface area contributed by atoms with Crippen LogP contribution in [0, 0.1) is 5.92 Å². The molecule has 1 saturated heterocycles. The van der Waals surface area contributed by atoms with Crippen LogP contribution in [0.4, 0.5) is 0 Å². The van der Waals surface area contributed by atoms with Gasteiger partial charge in [-0.2, -0.15) is 11.8 Å². The lowest BCUT2D eigenvalue weighted by molar-refractivity contribution is 0.0949. The summed E-state index contributed by atoms with van der Waals surface area (Å²) >= 11 is 13.9. The summed E-state index contributed by atoms with van der Waals surface area (Å²) in [5.74, 6) is 2.70. The van der Waals surface area contributed by atoms with Gasteiger partial charge < -0.3 is 5.32 Å². The van der Waals surface area contributed by atoms with Crippen molar-refractivity contribution in [2.45, 2.75) is 6.42 Å². The summed E-state index contributed by atoms with van der Waals surface area (Å²) in [5, 5.41) is 3.70. The van der Waals surface area contributed by atoms with E-state index < -0.39 is 0 Å². The summed E-state index contributed by atoms with van der Waals surface area (Å²) in [7, 11) is 0.